The van der Waals surface area contributed by atoms with E-state index in [0.717, 1.165) is 16.7 Å². The molecular formula is C26H25N3O4. The number of carbonyl (C=O) groups excluding carboxylic acids is 3. The first-order valence-corrected chi connectivity index (χ1v) is 10.4. The summed E-state index contributed by atoms with van der Waals surface area (Å²) in [6.07, 6.45) is 0.131. The van der Waals surface area contributed by atoms with Gasteiger partial charge in [0.05, 0.1) is 31.2 Å². The van der Waals surface area contributed by atoms with Crippen molar-refractivity contribution in [1.82, 2.24) is 5.43 Å². The number of esters is 1. The molecule has 0 unspecified atom stereocenters. The van der Waals surface area contributed by atoms with Crippen molar-refractivity contribution in [2.24, 2.45) is 5.10 Å². The molecular weight excluding hydrogens is 418 g/mol. The van der Waals surface area contributed by atoms with E-state index in [1.807, 2.05) is 54.6 Å². The molecule has 0 aliphatic carbocycles. The minimum Gasteiger partial charge on any atom is -0.465 e. The fourth-order valence-corrected chi connectivity index (χ4v) is 3.17. The smallest absolute Gasteiger partial charge is 0.339 e. The number of anilines is 1. The first kappa shape index (κ1) is 23.4. The van der Waals surface area contributed by atoms with Gasteiger partial charge in [-0.2, -0.15) is 5.10 Å². The van der Waals surface area contributed by atoms with Gasteiger partial charge in [-0.25, -0.2) is 10.2 Å². The number of methoxy groups -OCH3 is 1. The Balaban J connectivity index is 1.51. The zero-order valence-electron chi connectivity index (χ0n) is 18.5. The van der Waals surface area contributed by atoms with Crippen LogP contribution in [0.5, 0.6) is 0 Å². The maximum absolute atomic E-state index is 12.3. The Morgan fingerprint density at radius 3 is 2.15 bits per heavy atom. The Morgan fingerprint density at radius 2 is 1.45 bits per heavy atom. The first-order valence-electron chi connectivity index (χ1n) is 10.4. The van der Waals surface area contributed by atoms with Crippen molar-refractivity contribution < 1.29 is 19.1 Å². The predicted octanol–water partition coefficient (Wildman–Crippen LogP) is 4.20. The molecule has 0 radical (unpaired) electrons. The molecule has 0 aliphatic rings. The lowest BCUT2D eigenvalue weighted by Gasteiger charge is -2.09. The van der Waals surface area contributed by atoms with Gasteiger partial charge in [0, 0.05) is 5.71 Å². The summed E-state index contributed by atoms with van der Waals surface area (Å²) in [6.45, 7) is 1.64. The van der Waals surface area contributed by atoms with Gasteiger partial charge in [0.1, 0.15) is 0 Å². The Morgan fingerprint density at radius 1 is 0.818 bits per heavy atom. The molecule has 0 saturated carbocycles. The highest BCUT2D eigenvalue weighted by Gasteiger charge is 2.14. The molecule has 168 valence electrons. The van der Waals surface area contributed by atoms with Crippen molar-refractivity contribution >= 4 is 29.2 Å². The standard InChI is InChI=1S/C26H25N3O4/c1-18(16-24(30)27-23-11-7-6-10-22(23)26(32)33-2)28-29-25(31)17-19-12-14-21(15-13-19)20-8-4-3-5-9-20/h3-15H,16-17H2,1-2H3,(H,27,30)(H,29,31)/b28-18+. The SMILES string of the molecule is COC(=O)c1ccccc1NC(=O)C/C(C)=N/NC(=O)Cc1ccc(-c2ccccc2)cc1. The lowest BCUT2D eigenvalue weighted by atomic mass is 10.0. The monoisotopic (exact) mass is 443 g/mol. The van der Waals surface area contributed by atoms with Crippen LogP contribution in [-0.4, -0.2) is 30.6 Å². The summed E-state index contributed by atoms with van der Waals surface area (Å²) < 4.78 is 4.72. The summed E-state index contributed by atoms with van der Waals surface area (Å²) in [5.74, 6) is -1.18. The molecule has 0 fully saturated rings. The minimum absolute atomic E-state index is 0.0401. The van der Waals surface area contributed by atoms with Crippen molar-refractivity contribution in [1.29, 1.82) is 0 Å². The molecule has 33 heavy (non-hydrogen) atoms. The number of nitrogens with zero attached hydrogens (tertiary/aromatic N) is 1. The summed E-state index contributed by atoms with van der Waals surface area (Å²) in [7, 11) is 1.28. The van der Waals surface area contributed by atoms with Crippen molar-refractivity contribution in [2.75, 3.05) is 12.4 Å². The van der Waals surface area contributed by atoms with Gasteiger partial charge in [0.15, 0.2) is 0 Å². The van der Waals surface area contributed by atoms with E-state index in [9.17, 15) is 14.4 Å². The van der Waals surface area contributed by atoms with Crippen LogP contribution in [0.2, 0.25) is 0 Å². The molecule has 0 aliphatic heterocycles. The van der Waals surface area contributed by atoms with E-state index in [1.165, 1.54) is 7.11 Å². The van der Waals surface area contributed by atoms with E-state index in [-0.39, 0.29) is 30.2 Å². The topological polar surface area (TPSA) is 96.9 Å². The maximum Gasteiger partial charge on any atom is 0.339 e. The Hall–Kier alpha value is -4.26. The van der Waals surface area contributed by atoms with Crippen molar-refractivity contribution in [3.05, 3.63) is 90.0 Å². The largest absolute Gasteiger partial charge is 0.465 e. The third-order valence-electron chi connectivity index (χ3n) is 4.82. The number of nitrogens with one attached hydrogen (secondary N) is 2. The Bertz CT molecular complexity index is 1160. The van der Waals surface area contributed by atoms with E-state index >= 15 is 0 Å². The van der Waals surface area contributed by atoms with Crippen molar-refractivity contribution in [3.8, 4) is 11.1 Å². The van der Waals surface area contributed by atoms with Crippen LogP contribution in [0, 0.1) is 0 Å². The molecule has 3 rings (SSSR count). The molecule has 2 amide bonds. The van der Waals surface area contributed by atoms with Crippen molar-refractivity contribution in [3.63, 3.8) is 0 Å². The van der Waals surface area contributed by atoms with E-state index < -0.39 is 5.97 Å². The summed E-state index contributed by atoms with van der Waals surface area (Å²) in [5, 5.41) is 6.67. The van der Waals surface area contributed by atoms with Crippen LogP contribution in [-0.2, 0) is 20.7 Å². The second-order valence-corrected chi connectivity index (χ2v) is 7.38. The van der Waals surface area contributed by atoms with Crippen LogP contribution in [0.4, 0.5) is 5.69 Å². The Labute approximate surface area is 192 Å². The first-order chi connectivity index (χ1) is 16.0. The highest BCUT2D eigenvalue weighted by Crippen LogP contribution is 2.19. The van der Waals surface area contributed by atoms with Gasteiger partial charge in [-0.15, -0.1) is 0 Å². The highest BCUT2D eigenvalue weighted by atomic mass is 16.5. The van der Waals surface area contributed by atoms with E-state index in [0.29, 0.717) is 11.4 Å². The number of hydrogen-bond donors (Lipinski definition) is 2. The second kappa shape index (κ2) is 11.4. The minimum atomic E-state index is -0.541. The fraction of sp³-hybridized carbons (Fsp3) is 0.154. The van der Waals surface area contributed by atoms with Crippen LogP contribution >= 0.6 is 0 Å². The molecule has 7 nitrogen and oxygen atoms in total. The molecule has 3 aromatic rings. The molecule has 0 aromatic heterocycles. The van der Waals surface area contributed by atoms with Crippen LogP contribution < -0.4 is 10.7 Å². The zero-order chi connectivity index (χ0) is 23.6. The fourth-order valence-electron chi connectivity index (χ4n) is 3.17. The van der Waals surface area contributed by atoms with Gasteiger partial charge in [0.25, 0.3) is 0 Å². The third kappa shape index (κ3) is 6.87. The molecule has 7 heteroatoms. The number of ether oxygens (including phenoxy) is 1. The van der Waals surface area contributed by atoms with Gasteiger partial charge >= 0.3 is 5.97 Å². The van der Waals surface area contributed by atoms with Crippen LogP contribution in [0.25, 0.3) is 11.1 Å². The number of hydrazone groups is 1. The molecule has 0 bridgehead atoms. The zero-order valence-corrected chi connectivity index (χ0v) is 18.5. The molecule has 0 heterocycles. The van der Waals surface area contributed by atoms with Gasteiger partial charge < -0.3 is 10.1 Å². The summed E-state index contributed by atoms with van der Waals surface area (Å²) in [6, 6.07) is 24.3. The van der Waals surface area contributed by atoms with Gasteiger partial charge in [0.2, 0.25) is 11.8 Å². The normalized spacial score (nSPS) is 10.9. The van der Waals surface area contributed by atoms with Crippen LogP contribution in [0.3, 0.4) is 0 Å². The maximum atomic E-state index is 12.3. The van der Waals surface area contributed by atoms with E-state index in [2.05, 4.69) is 15.8 Å². The van der Waals surface area contributed by atoms with Crippen LogP contribution in [0.15, 0.2) is 84.0 Å². The number of para-hydroxylation sites is 1. The summed E-state index contributed by atoms with van der Waals surface area (Å²) in [4.78, 5) is 36.4. The lowest BCUT2D eigenvalue weighted by molar-refractivity contribution is -0.120. The third-order valence-corrected chi connectivity index (χ3v) is 4.82. The number of benzene rings is 3. The van der Waals surface area contributed by atoms with Crippen molar-refractivity contribution in [2.45, 2.75) is 19.8 Å². The Kier molecular flexibility index (Phi) is 8.07. The van der Waals surface area contributed by atoms with E-state index in [1.54, 1.807) is 31.2 Å². The predicted molar refractivity (Wildman–Crippen MR) is 128 cm³/mol. The molecule has 3 aromatic carbocycles. The highest BCUT2D eigenvalue weighted by molar-refractivity contribution is 6.08. The second-order valence-electron chi connectivity index (χ2n) is 7.38. The number of rotatable bonds is 8. The average Bonchev–Trinajstić information content (AvgIpc) is 2.83. The van der Waals surface area contributed by atoms with Gasteiger partial charge in [-0.1, -0.05) is 66.7 Å². The molecule has 0 saturated heterocycles. The lowest BCUT2D eigenvalue weighted by Crippen LogP contribution is -2.23. The van der Waals surface area contributed by atoms with E-state index in [4.69, 9.17) is 4.74 Å². The number of amides is 2. The molecule has 2 N–H and O–H groups in total. The van der Waals surface area contributed by atoms with Gasteiger partial charge in [-0.3, -0.25) is 9.59 Å². The summed E-state index contributed by atoms with van der Waals surface area (Å²) >= 11 is 0. The van der Waals surface area contributed by atoms with Crippen LogP contribution in [0.1, 0.15) is 29.3 Å². The average molecular weight is 444 g/mol. The number of carbonyl (C=O) groups is 3. The quantitative estimate of drug-likeness (QED) is 0.310. The summed E-state index contributed by atoms with van der Waals surface area (Å²) in [5.41, 5.74) is 6.57. The molecule has 0 atom stereocenters. The molecule has 0 spiro atoms. The van der Waals surface area contributed by atoms with Gasteiger partial charge in [-0.05, 0) is 35.7 Å². The number of hydrogen-bond acceptors (Lipinski definition) is 5.